The minimum atomic E-state index is 0.0624. The molecule has 0 aliphatic heterocycles. The summed E-state index contributed by atoms with van der Waals surface area (Å²) in [4.78, 5) is 17.5. The van der Waals surface area contributed by atoms with Crippen LogP contribution in [0.2, 0.25) is 5.02 Å². The molecule has 0 spiro atoms. The van der Waals surface area contributed by atoms with E-state index in [0.29, 0.717) is 5.75 Å². The minimum absolute atomic E-state index is 0.0624. The lowest BCUT2D eigenvalue weighted by atomic mass is 10.2. The van der Waals surface area contributed by atoms with Gasteiger partial charge in [0.1, 0.15) is 0 Å². The maximum Gasteiger partial charge on any atom is 0.232 e. The van der Waals surface area contributed by atoms with Crippen molar-refractivity contribution < 1.29 is 4.79 Å². The molecule has 2 rings (SSSR count). The molecule has 0 bridgehead atoms. The van der Waals surface area contributed by atoms with Gasteiger partial charge in [0.05, 0.1) is 11.4 Å². The van der Waals surface area contributed by atoms with Crippen molar-refractivity contribution >= 4 is 29.3 Å². The summed E-state index contributed by atoms with van der Waals surface area (Å²) in [6.45, 7) is 1.97. The third-order valence-corrected chi connectivity index (χ3v) is 4.29. The number of hydrogen-bond donors (Lipinski definition) is 0. The summed E-state index contributed by atoms with van der Waals surface area (Å²) < 4.78 is 1.95. The molecule has 6 heteroatoms. The highest BCUT2D eigenvalue weighted by Crippen LogP contribution is 2.26. The van der Waals surface area contributed by atoms with Crippen molar-refractivity contribution in [3.8, 4) is 5.69 Å². The molecule has 0 saturated heterocycles. The molecule has 0 aliphatic rings. The van der Waals surface area contributed by atoms with Crippen molar-refractivity contribution in [2.24, 2.45) is 0 Å². The van der Waals surface area contributed by atoms with E-state index < -0.39 is 0 Å². The second kappa shape index (κ2) is 6.33. The molecule has 0 aliphatic carbocycles. The first-order valence-corrected chi connectivity index (χ1v) is 7.49. The van der Waals surface area contributed by atoms with Gasteiger partial charge in [-0.15, -0.1) is 0 Å². The Morgan fingerprint density at radius 3 is 2.90 bits per heavy atom. The highest BCUT2D eigenvalue weighted by atomic mass is 35.5. The van der Waals surface area contributed by atoms with Crippen LogP contribution >= 0.6 is 23.4 Å². The number of halogens is 1. The van der Waals surface area contributed by atoms with Gasteiger partial charge in [-0.2, -0.15) is 0 Å². The topological polar surface area (TPSA) is 38.1 Å². The predicted octanol–water partition coefficient (Wildman–Crippen LogP) is 3.01. The smallest absolute Gasteiger partial charge is 0.232 e. The maximum atomic E-state index is 11.7. The summed E-state index contributed by atoms with van der Waals surface area (Å²) in [7, 11) is 3.49. The maximum absolute atomic E-state index is 11.7. The van der Waals surface area contributed by atoms with Gasteiger partial charge in [-0.1, -0.05) is 29.4 Å². The number of nitrogens with zero attached hydrogens (tertiary/aromatic N) is 3. The average molecular weight is 310 g/mol. The summed E-state index contributed by atoms with van der Waals surface area (Å²) >= 11 is 7.57. The van der Waals surface area contributed by atoms with E-state index in [2.05, 4.69) is 4.98 Å². The number of carbonyl (C=O) groups excluding carboxylic acids is 1. The summed E-state index contributed by atoms with van der Waals surface area (Å²) in [5.74, 6) is 0.427. The zero-order chi connectivity index (χ0) is 14.7. The highest BCUT2D eigenvalue weighted by molar-refractivity contribution is 7.99. The number of imidazole rings is 1. The Morgan fingerprint density at radius 2 is 2.20 bits per heavy atom. The zero-order valence-corrected chi connectivity index (χ0v) is 13.2. The molecule has 0 saturated carbocycles. The summed E-state index contributed by atoms with van der Waals surface area (Å²) in [6, 6.07) is 5.75. The Bertz CT molecular complexity index is 625. The van der Waals surface area contributed by atoms with Gasteiger partial charge in [-0.25, -0.2) is 4.98 Å². The number of amides is 1. The molecule has 1 heterocycles. The van der Waals surface area contributed by atoms with Crippen molar-refractivity contribution in [3.05, 3.63) is 41.2 Å². The van der Waals surface area contributed by atoms with Gasteiger partial charge in [0.15, 0.2) is 5.16 Å². The lowest BCUT2D eigenvalue weighted by Gasteiger charge is -2.12. The Hall–Kier alpha value is -1.46. The molecule has 4 nitrogen and oxygen atoms in total. The van der Waals surface area contributed by atoms with Crippen molar-refractivity contribution in [3.63, 3.8) is 0 Å². The third-order valence-electron chi connectivity index (χ3n) is 2.93. The lowest BCUT2D eigenvalue weighted by molar-refractivity contribution is -0.125. The van der Waals surface area contributed by atoms with Crippen LogP contribution in [0.15, 0.2) is 35.7 Å². The second-order valence-corrected chi connectivity index (χ2v) is 5.89. The third kappa shape index (κ3) is 3.16. The first kappa shape index (κ1) is 14.9. The van der Waals surface area contributed by atoms with Crippen LogP contribution in [0, 0.1) is 6.92 Å². The van der Waals surface area contributed by atoms with E-state index in [0.717, 1.165) is 21.4 Å². The summed E-state index contributed by atoms with van der Waals surface area (Å²) in [6.07, 6.45) is 3.60. The Morgan fingerprint density at radius 1 is 1.45 bits per heavy atom. The van der Waals surface area contributed by atoms with Crippen molar-refractivity contribution in [1.82, 2.24) is 14.5 Å². The van der Waals surface area contributed by atoms with Crippen LogP contribution in [-0.2, 0) is 4.79 Å². The number of benzene rings is 1. The molecule has 0 unspecified atom stereocenters. The van der Waals surface area contributed by atoms with Gasteiger partial charge in [0, 0.05) is 31.5 Å². The number of hydrogen-bond acceptors (Lipinski definition) is 3. The fourth-order valence-corrected chi connectivity index (χ4v) is 2.81. The first-order chi connectivity index (χ1) is 9.50. The Labute approximate surface area is 127 Å². The summed E-state index contributed by atoms with van der Waals surface area (Å²) in [5, 5.41) is 1.50. The van der Waals surface area contributed by atoms with Crippen LogP contribution in [0.5, 0.6) is 0 Å². The lowest BCUT2D eigenvalue weighted by Crippen LogP contribution is -2.23. The molecule has 0 fully saturated rings. The summed E-state index contributed by atoms with van der Waals surface area (Å²) in [5.41, 5.74) is 1.97. The molecule has 2 aromatic rings. The minimum Gasteiger partial charge on any atom is -0.348 e. The van der Waals surface area contributed by atoms with E-state index >= 15 is 0 Å². The van der Waals surface area contributed by atoms with Crippen molar-refractivity contribution in [2.75, 3.05) is 19.8 Å². The average Bonchev–Trinajstić information content (AvgIpc) is 2.87. The number of carbonyl (C=O) groups is 1. The van der Waals surface area contributed by atoms with Gasteiger partial charge < -0.3 is 4.90 Å². The van der Waals surface area contributed by atoms with Crippen molar-refractivity contribution in [2.45, 2.75) is 12.1 Å². The number of aromatic nitrogens is 2. The van der Waals surface area contributed by atoms with E-state index in [9.17, 15) is 4.79 Å². The van der Waals surface area contributed by atoms with E-state index in [4.69, 9.17) is 11.6 Å². The highest BCUT2D eigenvalue weighted by Gasteiger charge is 2.12. The standard InChI is InChI=1S/C14H16ClN3OS/c1-10-11(15)5-4-6-12(10)18-8-7-16-14(18)20-9-13(19)17(2)3/h4-8H,9H2,1-3H3. The van der Waals surface area contributed by atoms with Gasteiger partial charge in [0.25, 0.3) is 0 Å². The molecular formula is C14H16ClN3OS. The van der Waals surface area contributed by atoms with Gasteiger partial charge in [-0.05, 0) is 24.6 Å². The van der Waals surface area contributed by atoms with Gasteiger partial charge >= 0.3 is 0 Å². The molecule has 20 heavy (non-hydrogen) atoms. The number of thioether (sulfide) groups is 1. The fourth-order valence-electron chi connectivity index (χ4n) is 1.69. The molecule has 1 aromatic heterocycles. The second-order valence-electron chi connectivity index (χ2n) is 4.54. The molecular weight excluding hydrogens is 294 g/mol. The van der Waals surface area contributed by atoms with E-state index in [1.165, 1.54) is 11.8 Å². The monoisotopic (exact) mass is 309 g/mol. The van der Waals surface area contributed by atoms with Crippen LogP contribution in [0.3, 0.4) is 0 Å². The largest absolute Gasteiger partial charge is 0.348 e. The zero-order valence-electron chi connectivity index (χ0n) is 11.6. The van der Waals surface area contributed by atoms with E-state index in [1.807, 2.05) is 35.9 Å². The fraction of sp³-hybridized carbons (Fsp3) is 0.286. The van der Waals surface area contributed by atoms with Crippen molar-refractivity contribution in [1.29, 1.82) is 0 Å². The van der Waals surface area contributed by atoms with E-state index in [-0.39, 0.29) is 5.91 Å². The van der Waals surface area contributed by atoms with Crippen LogP contribution in [0.1, 0.15) is 5.56 Å². The van der Waals surface area contributed by atoms with E-state index in [1.54, 1.807) is 25.2 Å². The quantitative estimate of drug-likeness (QED) is 0.815. The normalized spacial score (nSPS) is 10.6. The van der Waals surface area contributed by atoms with Gasteiger partial charge in [0.2, 0.25) is 5.91 Å². The predicted molar refractivity (Wildman–Crippen MR) is 82.7 cm³/mol. The van der Waals surface area contributed by atoms with Crippen LogP contribution in [0.25, 0.3) is 5.69 Å². The Kier molecular flexibility index (Phi) is 4.73. The van der Waals surface area contributed by atoms with Crippen LogP contribution < -0.4 is 0 Å². The number of rotatable bonds is 4. The molecule has 0 radical (unpaired) electrons. The molecule has 1 amide bonds. The first-order valence-electron chi connectivity index (χ1n) is 6.12. The Balaban J connectivity index is 2.25. The van der Waals surface area contributed by atoms with Gasteiger partial charge in [-0.3, -0.25) is 9.36 Å². The SMILES string of the molecule is Cc1c(Cl)cccc1-n1ccnc1SCC(=O)N(C)C. The van der Waals surface area contributed by atoms with Crippen LogP contribution in [0.4, 0.5) is 0 Å². The molecule has 0 N–H and O–H groups in total. The molecule has 1 aromatic carbocycles. The molecule has 106 valence electrons. The van der Waals surface area contributed by atoms with Crippen LogP contribution in [-0.4, -0.2) is 40.2 Å². The molecule has 0 atom stereocenters.